The molecule has 3 atom stereocenters. The summed E-state index contributed by atoms with van der Waals surface area (Å²) in [5.74, 6) is -0.306. The number of aliphatic hydroxyl groups excluding tert-OH is 4. The average molecular weight is 423 g/mol. The number of unbranched alkanes of at least 4 members (excludes halogenated alkanes) is 8. The minimum Gasteiger partial charge on any atom is -0.463 e. The minimum atomic E-state index is -1.03. The molecule has 0 aliphatic carbocycles. The van der Waals surface area contributed by atoms with Crippen LogP contribution in [0.15, 0.2) is 0 Å². The highest BCUT2D eigenvalue weighted by molar-refractivity contribution is 5.69. The van der Waals surface area contributed by atoms with Gasteiger partial charge in [0.2, 0.25) is 0 Å². The Morgan fingerprint density at radius 1 is 0.759 bits per heavy atom. The maximum absolute atomic E-state index is 11.9. The van der Waals surface area contributed by atoms with Gasteiger partial charge in [-0.2, -0.15) is 0 Å². The molecule has 0 fully saturated rings. The monoisotopic (exact) mass is 422 g/mol. The molecule has 0 unspecified atom stereocenters. The zero-order valence-corrected chi connectivity index (χ0v) is 18.0. The molecule has 0 amide bonds. The Hall–Kier alpha value is -0.770. The number of carbonyl (C=O) groups is 1. The zero-order valence-electron chi connectivity index (χ0n) is 18.0. The second-order valence-corrected chi connectivity index (χ2v) is 7.43. The second kappa shape index (κ2) is 20.5. The summed E-state index contributed by atoms with van der Waals surface area (Å²) in [6, 6.07) is 0. The summed E-state index contributed by atoms with van der Waals surface area (Å²) in [5, 5.41) is 36.3. The molecule has 29 heavy (non-hydrogen) atoms. The molecule has 0 rings (SSSR count). The average Bonchev–Trinajstić information content (AvgIpc) is 2.73. The molecule has 4 N–H and O–H groups in total. The van der Waals surface area contributed by atoms with Gasteiger partial charge in [0.05, 0.1) is 33.0 Å². The molecule has 0 aromatic heterocycles. The minimum absolute atomic E-state index is 0.0283. The Balaban J connectivity index is 3.91. The molecule has 0 aromatic carbocycles. The molecule has 8 nitrogen and oxygen atoms in total. The smallest absolute Gasteiger partial charge is 0.305 e. The number of carbonyl (C=O) groups excluding carboxylic acids is 1. The first-order valence-corrected chi connectivity index (χ1v) is 11.0. The molecule has 0 saturated heterocycles. The van der Waals surface area contributed by atoms with Gasteiger partial charge in [-0.3, -0.25) is 4.79 Å². The fourth-order valence-corrected chi connectivity index (χ4v) is 2.67. The molecule has 8 heteroatoms. The number of rotatable bonds is 21. The molecule has 0 aliphatic rings. The van der Waals surface area contributed by atoms with E-state index in [1.807, 2.05) is 0 Å². The second-order valence-electron chi connectivity index (χ2n) is 7.43. The van der Waals surface area contributed by atoms with Crippen molar-refractivity contribution in [1.82, 2.24) is 0 Å². The van der Waals surface area contributed by atoms with Crippen LogP contribution in [0.5, 0.6) is 0 Å². The molecule has 0 radical (unpaired) electrons. The third kappa shape index (κ3) is 19.0. The SMILES string of the molecule is CCCCCCCCCCCC(=O)OC[C@@H](COC[C@H](O)CO)OC[C@@H](O)CO. The maximum atomic E-state index is 11.9. The predicted octanol–water partition coefficient (Wildman–Crippen LogP) is 1.56. The van der Waals surface area contributed by atoms with Crippen molar-refractivity contribution in [3.05, 3.63) is 0 Å². The van der Waals surface area contributed by atoms with Crippen LogP contribution in [-0.2, 0) is 19.0 Å². The van der Waals surface area contributed by atoms with Crippen molar-refractivity contribution in [2.45, 2.75) is 89.4 Å². The number of aliphatic hydroxyl groups is 4. The Labute approximate surface area is 175 Å². The van der Waals surface area contributed by atoms with Crippen molar-refractivity contribution in [1.29, 1.82) is 0 Å². The molecule has 174 valence electrons. The topological polar surface area (TPSA) is 126 Å². The highest BCUT2D eigenvalue weighted by atomic mass is 16.6. The molecule has 0 aromatic rings. The van der Waals surface area contributed by atoms with Crippen molar-refractivity contribution in [2.75, 3.05) is 39.6 Å². The van der Waals surface area contributed by atoms with E-state index in [2.05, 4.69) is 6.92 Å². The van der Waals surface area contributed by atoms with Crippen LogP contribution in [0.1, 0.15) is 71.1 Å². The first kappa shape index (κ1) is 28.2. The third-order valence-corrected chi connectivity index (χ3v) is 4.47. The first-order valence-electron chi connectivity index (χ1n) is 11.0. The lowest BCUT2D eigenvalue weighted by Gasteiger charge is -2.20. The van der Waals surface area contributed by atoms with Crippen molar-refractivity contribution >= 4 is 5.97 Å². The van der Waals surface area contributed by atoms with Crippen LogP contribution in [-0.4, -0.2) is 84.3 Å². The molecule has 0 heterocycles. The van der Waals surface area contributed by atoms with Crippen LogP contribution >= 0.6 is 0 Å². The number of ether oxygens (including phenoxy) is 3. The van der Waals surface area contributed by atoms with Crippen LogP contribution in [0.3, 0.4) is 0 Å². The van der Waals surface area contributed by atoms with Crippen molar-refractivity contribution in [2.24, 2.45) is 0 Å². The van der Waals surface area contributed by atoms with E-state index in [9.17, 15) is 15.0 Å². The zero-order chi connectivity index (χ0) is 21.7. The van der Waals surface area contributed by atoms with Gasteiger partial charge in [0.15, 0.2) is 0 Å². The Kier molecular flexibility index (Phi) is 20.0. The van der Waals surface area contributed by atoms with Crippen molar-refractivity contribution in [3.8, 4) is 0 Å². The van der Waals surface area contributed by atoms with Crippen LogP contribution < -0.4 is 0 Å². The van der Waals surface area contributed by atoms with Gasteiger partial charge in [-0.1, -0.05) is 58.3 Å². The van der Waals surface area contributed by atoms with Gasteiger partial charge in [-0.25, -0.2) is 0 Å². The van der Waals surface area contributed by atoms with Crippen molar-refractivity contribution in [3.63, 3.8) is 0 Å². The quantitative estimate of drug-likeness (QED) is 0.162. The molecular weight excluding hydrogens is 380 g/mol. The van der Waals surface area contributed by atoms with Crippen LogP contribution in [0.4, 0.5) is 0 Å². The van der Waals surface area contributed by atoms with Gasteiger partial charge >= 0.3 is 5.97 Å². The lowest BCUT2D eigenvalue weighted by Crippen LogP contribution is -2.33. The number of hydrogen-bond acceptors (Lipinski definition) is 8. The van der Waals surface area contributed by atoms with Gasteiger partial charge in [0.25, 0.3) is 0 Å². The first-order chi connectivity index (χ1) is 14.0. The van der Waals surface area contributed by atoms with Crippen molar-refractivity contribution < 1.29 is 39.4 Å². The van der Waals surface area contributed by atoms with E-state index in [0.29, 0.717) is 6.42 Å². The molecule has 0 aliphatic heterocycles. The summed E-state index contributed by atoms with van der Waals surface area (Å²) in [5.41, 5.74) is 0. The van der Waals surface area contributed by atoms with Gasteiger partial charge in [-0.15, -0.1) is 0 Å². The van der Waals surface area contributed by atoms with E-state index in [1.54, 1.807) is 0 Å². The molecular formula is C21H42O8. The van der Waals surface area contributed by atoms with E-state index in [-0.39, 0.29) is 32.4 Å². The van der Waals surface area contributed by atoms with Gasteiger partial charge < -0.3 is 34.6 Å². The normalized spacial score (nSPS) is 14.5. The van der Waals surface area contributed by atoms with Crippen LogP contribution in [0.2, 0.25) is 0 Å². The van der Waals surface area contributed by atoms with Gasteiger partial charge in [-0.05, 0) is 6.42 Å². The lowest BCUT2D eigenvalue weighted by molar-refractivity contribution is -0.152. The summed E-state index contributed by atoms with van der Waals surface area (Å²) < 4.78 is 15.9. The molecule has 0 spiro atoms. The Bertz CT molecular complexity index is 367. The highest BCUT2D eigenvalue weighted by Gasteiger charge is 2.16. The third-order valence-electron chi connectivity index (χ3n) is 4.47. The largest absolute Gasteiger partial charge is 0.463 e. The van der Waals surface area contributed by atoms with E-state index >= 15 is 0 Å². The summed E-state index contributed by atoms with van der Waals surface area (Å²) in [6.07, 6.45) is 8.26. The van der Waals surface area contributed by atoms with E-state index < -0.39 is 31.5 Å². The Morgan fingerprint density at radius 3 is 1.90 bits per heavy atom. The summed E-state index contributed by atoms with van der Waals surface area (Å²) in [6.45, 7) is 1.15. The van der Waals surface area contributed by atoms with E-state index in [0.717, 1.165) is 19.3 Å². The van der Waals surface area contributed by atoms with Gasteiger partial charge in [0.1, 0.15) is 24.9 Å². The summed E-state index contributed by atoms with van der Waals surface area (Å²) in [7, 11) is 0. The molecule has 0 bridgehead atoms. The summed E-state index contributed by atoms with van der Waals surface area (Å²) >= 11 is 0. The fraction of sp³-hybridized carbons (Fsp3) is 0.952. The fourth-order valence-electron chi connectivity index (χ4n) is 2.67. The van der Waals surface area contributed by atoms with Crippen LogP contribution in [0.25, 0.3) is 0 Å². The summed E-state index contributed by atoms with van der Waals surface area (Å²) in [4.78, 5) is 11.9. The van der Waals surface area contributed by atoms with Crippen LogP contribution in [0, 0.1) is 0 Å². The predicted molar refractivity (Wildman–Crippen MR) is 110 cm³/mol. The molecule has 0 saturated carbocycles. The Morgan fingerprint density at radius 2 is 1.31 bits per heavy atom. The lowest BCUT2D eigenvalue weighted by atomic mass is 10.1. The van der Waals surface area contributed by atoms with E-state index in [4.69, 9.17) is 24.4 Å². The van der Waals surface area contributed by atoms with E-state index in [1.165, 1.54) is 38.5 Å². The standard InChI is InChI=1S/C21H42O8/c1-2-3-4-5-6-7-8-9-10-11-21(26)29-17-20(28-15-19(25)13-23)16-27-14-18(24)12-22/h18-20,22-25H,2-17H2,1H3/t18-,19+,20-/m1/s1. The van der Waals surface area contributed by atoms with Gasteiger partial charge in [0, 0.05) is 6.42 Å². The highest BCUT2D eigenvalue weighted by Crippen LogP contribution is 2.11. The number of esters is 1. The number of hydrogen-bond donors (Lipinski definition) is 4. The maximum Gasteiger partial charge on any atom is 0.305 e.